The van der Waals surface area contributed by atoms with Gasteiger partial charge in [0.2, 0.25) is 0 Å². The molecule has 0 fully saturated rings. The smallest absolute Gasteiger partial charge is 0.130 e. The molecule has 0 saturated heterocycles. The summed E-state index contributed by atoms with van der Waals surface area (Å²) in [5.41, 5.74) is 0. The van der Waals surface area contributed by atoms with E-state index in [4.69, 9.17) is 5.26 Å². The van der Waals surface area contributed by atoms with Crippen LogP contribution in [0.25, 0.3) is 6.15 Å². The van der Waals surface area contributed by atoms with Gasteiger partial charge in [-0.05, 0) is 0 Å². The number of hydrogen-bond donors (Lipinski definition) is 1. The quantitative estimate of drug-likeness (QED) is 0.384. The molecule has 2 N–H and O–H groups in total. The summed E-state index contributed by atoms with van der Waals surface area (Å²) in [6, 6.07) is 0. The van der Waals surface area contributed by atoms with Crippen LogP contribution >= 0.6 is 12.6 Å². The second-order valence-electron chi connectivity index (χ2n) is 0.100. The second-order valence-corrected chi connectivity index (χ2v) is 0.300. The van der Waals surface area contributed by atoms with E-state index in [0.29, 0.717) is 0 Å². The molecule has 0 heterocycles. The van der Waals surface area contributed by atoms with Gasteiger partial charge in [0.25, 0.3) is 0 Å². The third-order valence-corrected chi connectivity index (χ3v) is 0. The van der Waals surface area contributed by atoms with Crippen LogP contribution in [0.1, 0.15) is 0 Å². The molecule has 0 saturated carbocycles. The molecule has 0 rings (SSSR count). The standard InChI is InChI=1S/CHNS.Cr.H2N/c2-1-3;;/h3H;;1H2/q;;-1. The van der Waals surface area contributed by atoms with Gasteiger partial charge < -0.3 is 6.15 Å². The number of thiocyanates is 1. The third kappa shape index (κ3) is 213. The average Bonchev–Trinajstić information content (AvgIpc) is 0.918. The molecule has 0 aromatic rings. The van der Waals surface area contributed by atoms with E-state index in [2.05, 4.69) is 12.6 Å². The van der Waals surface area contributed by atoms with Crippen molar-refractivity contribution in [3.8, 4) is 5.40 Å². The normalized spacial score (nSPS) is 1.60. The van der Waals surface area contributed by atoms with Crippen LogP contribution in [0.5, 0.6) is 0 Å². The van der Waals surface area contributed by atoms with Gasteiger partial charge in [0.05, 0.1) is 0 Å². The predicted molar refractivity (Wildman–Crippen MR) is 19.9 cm³/mol. The molecule has 0 aliphatic rings. The summed E-state index contributed by atoms with van der Waals surface area (Å²) in [5.74, 6) is 0. The first-order valence-electron chi connectivity index (χ1n) is 0.447. The van der Waals surface area contributed by atoms with E-state index in [9.17, 15) is 0 Å². The fraction of sp³-hybridized carbons (Fsp3) is 0. The van der Waals surface area contributed by atoms with Crippen molar-refractivity contribution in [3.05, 3.63) is 6.15 Å². The fourth-order valence-corrected chi connectivity index (χ4v) is 0. The van der Waals surface area contributed by atoms with Gasteiger partial charge >= 0.3 is 0 Å². The SMILES string of the molecule is N#CS.[Cr].[NH2-]. The van der Waals surface area contributed by atoms with E-state index in [0.717, 1.165) is 0 Å². The molecule has 0 unspecified atom stereocenters. The van der Waals surface area contributed by atoms with Crippen molar-refractivity contribution < 1.29 is 17.4 Å². The van der Waals surface area contributed by atoms with E-state index in [1.54, 1.807) is 0 Å². The zero-order valence-corrected chi connectivity index (χ0v) is 4.55. The molecule has 0 amide bonds. The minimum atomic E-state index is 0. The number of nitrogens with zero attached hydrogens (tertiary/aromatic N) is 1. The van der Waals surface area contributed by atoms with Crippen LogP contribution in [0.2, 0.25) is 0 Å². The Labute approximate surface area is 47.3 Å². The van der Waals surface area contributed by atoms with Gasteiger partial charge in [-0.3, -0.25) is 0 Å². The zero-order valence-electron chi connectivity index (χ0n) is 2.38. The molecule has 0 aliphatic heterocycles. The van der Waals surface area contributed by atoms with Crippen LogP contribution in [-0.4, -0.2) is 0 Å². The van der Waals surface area contributed by atoms with Gasteiger partial charge in [-0.15, -0.1) is 0 Å². The Balaban J connectivity index is -0.0000000200. The second kappa shape index (κ2) is 27.1. The van der Waals surface area contributed by atoms with Crippen molar-refractivity contribution in [2.24, 2.45) is 0 Å². The summed E-state index contributed by atoms with van der Waals surface area (Å²) in [6.45, 7) is 0. The maximum Gasteiger partial charge on any atom is 0.130 e. The van der Waals surface area contributed by atoms with Crippen LogP contribution in [0.15, 0.2) is 0 Å². The molecule has 2 nitrogen and oxygen atoms in total. The maximum absolute atomic E-state index is 7.18. The minimum Gasteiger partial charge on any atom is -0.693 e. The maximum atomic E-state index is 7.18. The van der Waals surface area contributed by atoms with E-state index in [-0.39, 0.29) is 23.5 Å². The molecule has 0 aromatic heterocycles. The topological polar surface area (TPSA) is 57.3 Å². The van der Waals surface area contributed by atoms with Crippen molar-refractivity contribution in [2.45, 2.75) is 0 Å². The molecule has 0 spiro atoms. The Kier molecular flexibility index (Phi) is 99.7. The molecule has 30 valence electrons. The van der Waals surface area contributed by atoms with Gasteiger partial charge in [-0.1, -0.05) is 12.6 Å². The van der Waals surface area contributed by atoms with Crippen molar-refractivity contribution >= 4 is 12.6 Å². The predicted octanol–water partition coefficient (Wildman–Crippen LogP) is 1.11. The molecule has 0 aromatic carbocycles. The first kappa shape index (κ1) is 18.4. The zero-order chi connectivity index (χ0) is 2.71. The first-order valence-corrected chi connectivity index (χ1v) is 0.894. The number of hydrogen-bond acceptors (Lipinski definition) is 2. The van der Waals surface area contributed by atoms with Crippen molar-refractivity contribution in [2.75, 3.05) is 0 Å². The molecular formula is CH3CrN2S-. The summed E-state index contributed by atoms with van der Waals surface area (Å²) in [7, 11) is 0. The van der Waals surface area contributed by atoms with Crippen LogP contribution in [0.4, 0.5) is 0 Å². The molecule has 5 heavy (non-hydrogen) atoms. The molecule has 0 bridgehead atoms. The molecule has 0 aliphatic carbocycles. The van der Waals surface area contributed by atoms with Crippen LogP contribution in [-0.2, 0) is 17.4 Å². The van der Waals surface area contributed by atoms with Crippen molar-refractivity contribution in [1.29, 1.82) is 5.26 Å². The summed E-state index contributed by atoms with van der Waals surface area (Å²) < 4.78 is 0. The van der Waals surface area contributed by atoms with Crippen LogP contribution < -0.4 is 0 Å². The van der Waals surface area contributed by atoms with Crippen molar-refractivity contribution in [3.63, 3.8) is 0 Å². The van der Waals surface area contributed by atoms with Gasteiger partial charge in [0, 0.05) is 17.4 Å². The molecule has 0 atom stereocenters. The first-order chi connectivity index (χ1) is 1.41. The summed E-state index contributed by atoms with van der Waals surface area (Å²) >= 11 is 3.09. The summed E-state index contributed by atoms with van der Waals surface area (Å²) in [4.78, 5) is 0. The Morgan fingerprint density at radius 2 is 1.60 bits per heavy atom. The van der Waals surface area contributed by atoms with E-state index >= 15 is 0 Å². The Bertz CT molecular complexity index is 31.1. The van der Waals surface area contributed by atoms with Crippen molar-refractivity contribution in [1.82, 2.24) is 0 Å². The van der Waals surface area contributed by atoms with Crippen LogP contribution in [0, 0.1) is 10.7 Å². The third-order valence-electron chi connectivity index (χ3n) is 0. The Morgan fingerprint density at radius 1 is 1.60 bits per heavy atom. The number of rotatable bonds is 0. The monoisotopic (exact) mass is 127 g/mol. The molecular weight excluding hydrogens is 124 g/mol. The average molecular weight is 127 g/mol. The molecule has 4 heteroatoms. The minimum absolute atomic E-state index is 0. The number of thiol groups is 1. The van der Waals surface area contributed by atoms with Gasteiger partial charge in [-0.2, -0.15) is 5.26 Å². The van der Waals surface area contributed by atoms with Gasteiger partial charge in [-0.25, -0.2) is 0 Å². The number of nitrogens with two attached hydrogens (primary N) is 1. The Morgan fingerprint density at radius 3 is 1.60 bits per heavy atom. The summed E-state index contributed by atoms with van der Waals surface area (Å²) in [6.07, 6.45) is 0. The van der Waals surface area contributed by atoms with Crippen LogP contribution in [0.3, 0.4) is 0 Å². The van der Waals surface area contributed by atoms with E-state index < -0.39 is 0 Å². The summed E-state index contributed by atoms with van der Waals surface area (Å²) in [5, 5.41) is 8.63. The van der Waals surface area contributed by atoms with Gasteiger partial charge in [0.1, 0.15) is 5.40 Å². The molecule has 0 radical (unpaired) electrons. The number of nitriles is 1. The van der Waals surface area contributed by atoms with Gasteiger partial charge in [0.15, 0.2) is 0 Å². The largest absolute Gasteiger partial charge is 0.693 e. The Hall–Kier alpha value is 0.332. The fourth-order valence-electron chi connectivity index (χ4n) is 0. The van der Waals surface area contributed by atoms with E-state index in [1.165, 1.54) is 5.40 Å². The van der Waals surface area contributed by atoms with E-state index in [1.807, 2.05) is 0 Å².